The molecule has 26 heavy (non-hydrogen) atoms. The molecule has 0 radical (unpaired) electrons. The minimum Gasteiger partial charge on any atom is -0.394 e. The maximum absolute atomic E-state index is 10.1. The van der Waals surface area contributed by atoms with Crippen LogP contribution >= 0.6 is 0 Å². The third-order valence-electron chi connectivity index (χ3n) is 4.84. The van der Waals surface area contributed by atoms with Crippen LogP contribution in [0, 0.1) is 0 Å². The monoisotopic (exact) mass is 375 g/mol. The molecule has 2 saturated heterocycles. The standard InChI is InChI=1S/C15H25N3O8/c19-5-8-2-9(21)14(23)11(25-8)1-7-4-18(17-16-7)13-3-10(22)15(24)12(6-20)26-13/h4,8-15,19-24H,1-3,5-6H2/t8-,9-,10+,11+,12+,13+,14-,15-/m0/s1. The minimum absolute atomic E-state index is 0.0777. The summed E-state index contributed by atoms with van der Waals surface area (Å²) in [4.78, 5) is 0. The van der Waals surface area contributed by atoms with Crippen molar-refractivity contribution in [2.75, 3.05) is 13.2 Å². The first kappa shape index (κ1) is 19.6. The molecule has 6 N–H and O–H groups in total. The van der Waals surface area contributed by atoms with Crippen LogP contribution in [0.5, 0.6) is 0 Å². The van der Waals surface area contributed by atoms with Crippen molar-refractivity contribution >= 4 is 0 Å². The third kappa shape index (κ3) is 4.05. The zero-order valence-electron chi connectivity index (χ0n) is 14.1. The molecule has 2 aliphatic rings. The first-order valence-electron chi connectivity index (χ1n) is 8.58. The number of rotatable bonds is 5. The highest BCUT2D eigenvalue weighted by molar-refractivity contribution is 5.00. The summed E-state index contributed by atoms with van der Waals surface area (Å²) in [5.74, 6) is 0. The van der Waals surface area contributed by atoms with Crippen LogP contribution in [0.1, 0.15) is 24.8 Å². The van der Waals surface area contributed by atoms with Gasteiger partial charge in [0.1, 0.15) is 18.3 Å². The number of hydrogen-bond donors (Lipinski definition) is 6. The van der Waals surface area contributed by atoms with Gasteiger partial charge in [-0.25, -0.2) is 4.68 Å². The Labute approximate surface area is 149 Å². The summed E-state index contributed by atoms with van der Waals surface area (Å²) in [6, 6.07) is 0. The molecule has 0 saturated carbocycles. The average Bonchev–Trinajstić information content (AvgIpc) is 3.09. The lowest BCUT2D eigenvalue weighted by Crippen LogP contribution is -2.50. The van der Waals surface area contributed by atoms with Crippen molar-refractivity contribution in [2.24, 2.45) is 0 Å². The molecule has 3 rings (SSSR count). The second-order valence-electron chi connectivity index (χ2n) is 6.77. The van der Waals surface area contributed by atoms with Crippen LogP contribution in [0.25, 0.3) is 0 Å². The summed E-state index contributed by atoms with van der Waals surface area (Å²) < 4.78 is 12.5. The lowest BCUT2D eigenvalue weighted by Gasteiger charge is -2.36. The molecule has 1 aromatic rings. The Kier molecular flexibility index (Phi) is 6.20. The molecule has 11 nitrogen and oxygen atoms in total. The van der Waals surface area contributed by atoms with E-state index in [1.54, 1.807) is 6.20 Å². The summed E-state index contributed by atoms with van der Waals surface area (Å²) >= 11 is 0. The topological polar surface area (TPSA) is 171 Å². The zero-order valence-corrected chi connectivity index (χ0v) is 14.1. The van der Waals surface area contributed by atoms with Crippen LogP contribution in [0.15, 0.2) is 6.20 Å². The van der Waals surface area contributed by atoms with Gasteiger partial charge in [0.2, 0.25) is 0 Å². The number of hydrogen-bond acceptors (Lipinski definition) is 10. The van der Waals surface area contributed by atoms with E-state index >= 15 is 0 Å². The highest BCUT2D eigenvalue weighted by atomic mass is 16.5. The Bertz CT molecular complexity index is 587. The molecule has 148 valence electrons. The first-order chi connectivity index (χ1) is 12.4. The van der Waals surface area contributed by atoms with Crippen LogP contribution in [0.2, 0.25) is 0 Å². The zero-order chi connectivity index (χ0) is 18.8. The van der Waals surface area contributed by atoms with Gasteiger partial charge in [-0.3, -0.25) is 0 Å². The van der Waals surface area contributed by atoms with Gasteiger partial charge in [-0.2, -0.15) is 0 Å². The summed E-state index contributed by atoms with van der Waals surface area (Å²) in [6.07, 6.45) is -5.35. The minimum atomic E-state index is -1.18. The van der Waals surface area contributed by atoms with Crippen molar-refractivity contribution in [1.82, 2.24) is 15.0 Å². The fraction of sp³-hybridized carbons (Fsp3) is 0.867. The molecule has 2 aliphatic heterocycles. The van der Waals surface area contributed by atoms with E-state index in [0.717, 1.165) is 0 Å². The summed E-state index contributed by atoms with van der Waals surface area (Å²) in [5, 5.41) is 66.0. The quantitative estimate of drug-likeness (QED) is 0.306. The first-order valence-corrected chi connectivity index (χ1v) is 8.58. The summed E-state index contributed by atoms with van der Waals surface area (Å²) in [7, 11) is 0. The highest BCUT2D eigenvalue weighted by Gasteiger charge is 2.39. The van der Waals surface area contributed by atoms with Crippen molar-refractivity contribution in [3.8, 4) is 0 Å². The molecule has 0 bridgehead atoms. The molecular formula is C15H25N3O8. The van der Waals surface area contributed by atoms with E-state index in [1.165, 1.54) is 4.68 Å². The van der Waals surface area contributed by atoms with Gasteiger partial charge in [0, 0.05) is 19.3 Å². The van der Waals surface area contributed by atoms with E-state index in [2.05, 4.69) is 10.3 Å². The Morgan fingerprint density at radius 1 is 0.962 bits per heavy atom. The highest BCUT2D eigenvalue weighted by Crippen LogP contribution is 2.28. The predicted molar refractivity (Wildman–Crippen MR) is 83.7 cm³/mol. The van der Waals surface area contributed by atoms with Gasteiger partial charge in [0.25, 0.3) is 0 Å². The molecule has 1 aromatic heterocycles. The summed E-state index contributed by atoms with van der Waals surface area (Å²) in [6.45, 7) is -0.704. The lowest BCUT2D eigenvalue weighted by atomic mass is 9.95. The van der Waals surface area contributed by atoms with Gasteiger partial charge < -0.3 is 40.1 Å². The van der Waals surface area contributed by atoms with Crippen LogP contribution in [0.3, 0.4) is 0 Å². The van der Waals surface area contributed by atoms with E-state index in [1.807, 2.05) is 0 Å². The molecule has 0 unspecified atom stereocenters. The normalized spacial score (nSPS) is 41.3. The van der Waals surface area contributed by atoms with Gasteiger partial charge in [0.05, 0.1) is 49.5 Å². The van der Waals surface area contributed by atoms with E-state index in [4.69, 9.17) is 9.47 Å². The lowest BCUT2D eigenvalue weighted by molar-refractivity contribution is -0.204. The number of ether oxygens (including phenoxy) is 2. The molecular weight excluding hydrogens is 350 g/mol. The van der Waals surface area contributed by atoms with Crippen molar-refractivity contribution in [3.63, 3.8) is 0 Å². The van der Waals surface area contributed by atoms with Gasteiger partial charge in [-0.05, 0) is 0 Å². The fourth-order valence-corrected chi connectivity index (χ4v) is 3.33. The van der Waals surface area contributed by atoms with E-state index in [0.29, 0.717) is 5.69 Å². The number of aromatic nitrogens is 3. The molecule has 3 heterocycles. The third-order valence-corrected chi connectivity index (χ3v) is 4.84. The second kappa shape index (κ2) is 8.23. The largest absolute Gasteiger partial charge is 0.394 e. The predicted octanol–water partition coefficient (Wildman–Crippen LogP) is -3.31. The van der Waals surface area contributed by atoms with Crippen molar-refractivity contribution < 1.29 is 40.1 Å². The number of nitrogens with zero attached hydrogens (tertiary/aromatic N) is 3. The Morgan fingerprint density at radius 3 is 2.35 bits per heavy atom. The van der Waals surface area contributed by atoms with Crippen LogP contribution < -0.4 is 0 Å². The molecule has 11 heteroatoms. The van der Waals surface area contributed by atoms with E-state index in [9.17, 15) is 30.6 Å². The molecule has 8 atom stereocenters. The van der Waals surface area contributed by atoms with Crippen LogP contribution in [0.4, 0.5) is 0 Å². The fourth-order valence-electron chi connectivity index (χ4n) is 3.33. The van der Waals surface area contributed by atoms with Crippen molar-refractivity contribution in [3.05, 3.63) is 11.9 Å². The van der Waals surface area contributed by atoms with Gasteiger partial charge >= 0.3 is 0 Å². The molecule has 2 fully saturated rings. The van der Waals surface area contributed by atoms with E-state index < -0.39 is 55.6 Å². The number of aliphatic hydroxyl groups is 6. The Balaban J connectivity index is 1.66. The van der Waals surface area contributed by atoms with Crippen molar-refractivity contribution in [1.29, 1.82) is 0 Å². The van der Waals surface area contributed by atoms with Crippen LogP contribution in [-0.4, -0.2) is 102 Å². The maximum atomic E-state index is 10.1. The maximum Gasteiger partial charge on any atom is 0.155 e. The van der Waals surface area contributed by atoms with E-state index in [-0.39, 0.29) is 25.9 Å². The van der Waals surface area contributed by atoms with Crippen LogP contribution in [-0.2, 0) is 15.9 Å². The SMILES string of the molecule is OC[C@@H]1C[C@H](O)[C@H](O)[C@@H](Cc2cn([C@H]3C[C@@H](O)[C@H](O)[C@@H](CO)O3)nn2)O1. The van der Waals surface area contributed by atoms with Gasteiger partial charge in [-0.1, -0.05) is 5.21 Å². The molecule has 0 aliphatic carbocycles. The Morgan fingerprint density at radius 2 is 1.65 bits per heavy atom. The number of aliphatic hydroxyl groups excluding tert-OH is 6. The van der Waals surface area contributed by atoms with Crippen molar-refractivity contribution in [2.45, 2.75) is 68.2 Å². The van der Waals surface area contributed by atoms with Gasteiger partial charge in [0.15, 0.2) is 6.23 Å². The second-order valence-corrected chi connectivity index (χ2v) is 6.77. The smallest absolute Gasteiger partial charge is 0.155 e. The summed E-state index contributed by atoms with van der Waals surface area (Å²) in [5.41, 5.74) is 0.463. The molecule has 0 aromatic carbocycles. The van der Waals surface area contributed by atoms with Gasteiger partial charge in [-0.15, -0.1) is 5.10 Å². The average molecular weight is 375 g/mol. The molecule has 0 amide bonds. The Hall–Kier alpha value is -1.18. The molecule has 0 spiro atoms.